The van der Waals surface area contributed by atoms with Gasteiger partial charge in [-0.25, -0.2) is 8.42 Å². The molecule has 1 unspecified atom stereocenters. The van der Waals surface area contributed by atoms with Crippen molar-refractivity contribution >= 4 is 39.1 Å². The van der Waals surface area contributed by atoms with Crippen LogP contribution in [0.2, 0.25) is 5.02 Å². The zero-order chi connectivity index (χ0) is 28.8. The van der Waals surface area contributed by atoms with E-state index >= 15 is 0 Å². The molecule has 0 saturated heterocycles. The van der Waals surface area contributed by atoms with E-state index in [1.807, 2.05) is 30.3 Å². The maximum Gasteiger partial charge on any atom is 0.416 e. The summed E-state index contributed by atoms with van der Waals surface area (Å²) in [5.74, 6) is -1.11. The molecule has 0 radical (unpaired) electrons. The number of benzene rings is 2. The van der Waals surface area contributed by atoms with Crippen molar-refractivity contribution in [1.29, 1.82) is 0 Å². The smallest absolute Gasteiger partial charge is 0.352 e. The SMILES string of the molecule is CC(C(=O)NC1CCCCC1)N(CCc1ccccc1)C(=O)CN(c1cc(C(F)(F)F)ccc1Cl)S(C)(=O)=O. The van der Waals surface area contributed by atoms with Gasteiger partial charge in [-0.3, -0.25) is 13.9 Å². The molecule has 2 aromatic carbocycles. The van der Waals surface area contributed by atoms with Crippen molar-refractivity contribution in [3.63, 3.8) is 0 Å². The second-order valence-electron chi connectivity index (χ2n) is 9.78. The highest BCUT2D eigenvalue weighted by Gasteiger charge is 2.35. The molecule has 1 saturated carbocycles. The van der Waals surface area contributed by atoms with Crippen LogP contribution in [0, 0.1) is 0 Å². The molecule has 0 bridgehead atoms. The fourth-order valence-corrected chi connectivity index (χ4v) is 5.74. The fraction of sp³-hybridized carbons (Fsp3) is 0.481. The van der Waals surface area contributed by atoms with Gasteiger partial charge in [-0.2, -0.15) is 13.2 Å². The van der Waals surface area contributed by atoms with E-state index in [9.17, 15) is 31.2 Å². The van der Waals surface area contributed by atoms with Crippen LogP contribution in [0.4, 0.5) is 18.9 Å². The van der Waals surface area contributed by atoms with Crippen LogP contribution in [0.3, 0.4) is 0 Å². The maximum absolute atomic E-state index is 13.6. The number of alkyl halides is 3. The molecule has 1 fully saturated rings. The molecule has 2 amide bonds. The fourth-order valence-electron chi connectivity index (χ4n) is 4.61. The van der Waals surface area contributed by atoms with Gasteiger partial charge >= 0.3 is 6.18 Å². The molecule has 1 aliphatic carbocycles. The number of anilines is 1. The number of hydrogen-bond donors (Lipinski definition) is 1. The second-order valence-corrected chi connectivity index (χ2v) is 12.1. The number of hydrogen-bond acceptors (Lipinski definition) is 4. The van der Waals surface area contributed by atoms with Crippen LogP contribution in [0.5, 0.6) is 0 Å². The van der Waals surface area contributed by atoms with Crippen LogP contribution >= 0.6 is 11.6 Å². The summed E-state index contributed by atoms with van der Waals surface area (Å²) in [4.78, 5) is 28.0. The maximum atomic E-state index is 13.6. The van der Waals surface area contributed by atoms with Crippen molar-refractivity contribution in [1.82, 2.24) is 10.2 Å². The van der Waals surface area contributed by atoms with Gasteiger partial charge in [-0.15, -0.1) is 0 Å². The summed E-state index contributed by atoms with van der Waals surface area (Å²) in [6, 6.07) is 10.6. The molecule has 2 aromatic rings. The van der Waals surface area contributed by atoms with E-state index in [2.05, 4.69) is 5.32 Å². The van der Waals surface area contributed by atoms with Crippen molar-refractivity contribution in [3.05, 3.63) is 64.7 Å². The van der Waals surface area contributed by atoms with E-state index in [1.165, 1.54) is 4.90 Å². The van der Waals surface area contributed by atoms with Gasteiger partial charge in [-0.1, -0.05) is 61.2 Å². The number of rotatable bonds is 10. The summed E-state index contributed by atoms with van der Waals surface area (Å²) in [6.07, 6.45) is 1.19. The summed E-state index contributed by atoms with van der Waals surface area (Å²) in [7, 11) is -4.23. The van der Waals surface area contributed by atoms with Gasteiger partial charge in [0.25, 0.3) is 0 Å². The molecule has 7 nitrogen and oxygen atoms in total. The van der Waals surface area contributed by atoms with Gasteiger partial charge in [0.15, 0.2) is 0 Å². The Labute approximate surface area is 232 Å². The quantitative estimate of drug-likeness (QED) is 0.422. The Morgan fingerprint density at radius 1 is 1.08 bits per heavy atom. The Bertz CT molecular complexity index is 1250. The van der Waals surface area contributed by atoms with Gasteiger partial charge in [0.05, 0.1) is 22.5 Å². The van der Waals surface area contributed by atoms with Gasteiger partial charge in [0.2, 0.25) is 21.8 Å². The summed E-state index contributed by atoms with van der Waals surface area (Å²) in [5, 5.41) is 2.73. The van der Waals surface area contributed by atoms with Crippen LogP contribution in [-0.4, -0.2) is 56.6 Å². The van der Waals surface area contributed by atoms with Crippen LogP contribution in [0.1, 0.15) is 50.2 Å². The minimum Gasteiger partial charge on any atom is -0.352 e. The molecule has 1 atom stereocenters. The highest BCUT2D eigenvalue weighted by atomic mass is 35.5. The van der Waals surface area contributed by atoms with Crippen molar-refractivity contribution in [3.8, 4) is 0 Å². The Morgan fingerprint density at radius 2 is 1.72 bits per heavy atom. The zero-order valence-corrected chi connectivity index (χ0v) is 23.5. The lowest BCUT2D eigenvalue weighted by Gasteiger charge is -2.33. The minimum atomic E-state index is -4.75. The lowest BCUT2D eigenvalue weighted by molar-refractivity contribution is -0.139. The number of carbonyl (C=O) groups excluding carboxylic acids is 2. The first-order valence-electron chi connectivity index (χ1n) is 12.8. The van der Waals surface area contributed by atoms with Gasteiger partial charge in [-0.05, 0) is 49.9 Å². The van der Waals surface area contributed by atoms with Crippen molar-refractivity contribution in [2.45, 2.75) is 63.7 Å². The van der Waals surface area contributed by atoms with Crippen molar-refractivity contribution in [2.24, 2.45) is 0 Å². The molecule has 1 N–H and O–H groups in total. The molecule has 1 aliphatic rings. The van der Waals surface area contributed by atoms with E-state index < -0.39 is 45.9 Å². The lowest BCUT2D eigenvalue weighted by atomic mass is 9.95. The Hall–Kier alpha value is -2.79. The summed E-state index contributed by atoms with van der Waals surface area (Å²) in [5.41, 5.74) is -0.676. The van der Waals surface area contributed by atoms with Crippen LogP contribution in [0.25, 0.3) is 0 Å². The predicted octanol–water partition coefficient (Wildman–Crippen LogP) is 5.03. The Balaban J connectivity index is 1.89. The number of nitrogens with one attached hydrogen (secondary N) is 1. The minimum absolute atomic E-state index is 0.00351. The third-order valence-electron chi connectivity index (χ3n) is 6.82. The van der Waals surface area contributed by atoms with E-state index in [-0.39, 0.29) is 23.5 Å². The van der Waals surface area contributed by atoms with E-state index in [1.54, 1.807) is 6.92 Å². The first kappa shape index (κ1) is 30.7. The van der Waals surface area contributed by atoms with Gasteiger partial charge < -0.3 is 10.2 Å². The number of amides is 2. The van der Waals surface area contributed by atoms with Gasteiger partial charge in [0.1, 0.15) is 12.6 Å². The Morgan fingerprint density at radius 3 is 2.31 bits per heavy atom. The summed E-state index contributed by atoms with van der Waals surface area (Å²) >= 11 is 6.11. The number of halogens is 4. The molecule has 0 aromatic heterocycles. The number of nitrogens with zero attached hydrogens (tertiary/aromatic N) is 2. The van der Waals surface area contributed by atoms with Crippen LogP contribution < -0.4 is 9.62 Å². The lowest BCUT2D eigenvalue weighted by Crippen LogP contribution is -2.53. The molecular formula is C27H33ClF3N3O4S. The van der Waals surface area contributed by atoms with E-state index in [0.29, 0.717) is 16.8 Å². The topological polar surface area (TPSA) is 86.8 Å². The zero-order valence-electron chi connectivity index (χ0n) is 21.9. The highest BCUT2D eigenvalue weighted by Crippen LogP contribution is 2.36. The van der Waals surface area contributed by atoms with Crippen molar-refractivity contribution < 1.29 is 31.2 Å². The second kappa shape index (κ2) is 13.0. The third-order valence-corrected chi connectivity index (χ3v) is 8.27. The van der Waals surface area contributed by atoms with E-state index in [0.717, 1.165) is 56.1 Å². The largest absolute Gasteiger partial charge is 0.416 e. The van der Waals surface area contributed by atoms with Gasteiger partial charge in [0, 0.05) is 12.6 Å². The standard InChI is InChI=1S/C27H33ClF3N3O4S/c1-19(26(36)32-22-11-7-4-8-12-22)33(16-15-20-9-5-3-6-10-20)25(35)18-34(39(2,37)38)24-17-21(27(29,30)31)13-14-23(24)28/h3,5-6,9-10,13-14,17,19,22H,4,7-8,11-12,15-16,18H2,1-2H3,(H,32,36). The molecule has 0 aliphatic heterocycles. The molecule has 12 heteroatoms. The third kappa shape index (κ3) is 8.60. The molecule has 0 spiro atoms. The normalized spacial score (nSPS) is 15.4. The summed E-state index contributed by atoms with van der Waals surface area (Å²) in [6.45, 7) is 0.828. The monoisotopic (exact) mass is 587 g/mol. The predicted molar refractivity (Wildman–Crippen MR) is 145 cm³/mol. The van der Waals surface area contributed by atoms with E-state index in [4.69, 9.17) is 11.6 Å². The average molecular weight is 588 g/mol. The molecule has 0 heterocycles. The number of sulfonamides is 1. The van der Waals surface area contributed by atoms with Crippen molar-refractivity contribution in [2.75, 3.05) is 23.7 Å². The first-order chi connectivity index (χ1) is 18.3. The number of carbonyl (C=O) groups is 2. The Kier molecular flexibility index (Phi) is 10.3. The first-order valence-corrected chi connectivity index (χ1v) is 15.0. The van der Waals surface area contributed by atoms with Crippen LogP contribution in [0.15, 0.2) is 48.5 Å². The molecule has 3 rings (SSSR count). The molecule has 39 heavy (non-hydrogen) atoms. The molecular weight excluding hydrogens is 555 g/mol. The summed E-state index contributed by atoms with van der Waals surface area (Å²) < 4.78 is 66.0. The van der Waals surface area contributed by atoms with Crippen LogP contribution in [-0.2, 0) is 32.2 Å². The highest BCUT2D eigenvalue weighted by molar-refractivity contribution is 7.92. The molecule has 214 valence electrons. The average Bonchev–Trinajstić information content (AvgIpc) is 2.87.